The van der Waals surface area contributed by atoms with E-state index in [-0.39, 0.29) is 33.3 Å². The van der Waals surface area contributed by atoms with Crippen LogP contribution in [-0.4, -0.2) is 17.9 Å². The fourth-order valence-corrected chi connectivity index (χ4v) is 3.29. The van der Waals surface area contributed by atoms with Crippen LogP contribution in [0.25, 0.3) is 11.0 Å². The molecular weight excluding hydrogens is 333 g/mol. The van der Waals surface area contributed by atoms with Crippen molar-refractivity contribution in [3.63, 3.8) is 0 Å². The Labute approximate surface area is 141 Å². The first-order chi connectivity index (χ1) is 11.5. The summed E-state index contributed by atoms with van der Waals surface area (Å²) in [6.07, 6.45) is 0. The minimum absolute atomic E-state index is 0.0504. The molecule has 0 aliphatic carbocycles. The first-order valence-corrected chi connectivity index (χ1v) is 7.64. The Balaban J connectivity index is 2.08. The van der Waals surface area contributed by atoms with Gasteiger partial charge in [-0.25, -0.2) is 4.39 Å². The summed E-state index contributed by atoms with van der Waals surface area (Å²) in [5.74, 6) is -0.988. The highest BCUT2D eigenvalue weighted by molar-refractivity contribution is 6.31. The number of nitrogens with zero attached hydrogens (tertiary/aromatic N) is 1. The second kappa shape index (κ2) is 5.18. The summed E-state index contributed by atoms with van der Waals surface area (Å²) >= 11 is 5.96. The van der Waals surface area contributed by atoms with Crippen LogP contribution >= 0.6 is 11.6 Å². The fourth-order valence-electron chi connectivity index (χ4n) is 3.12. The number of amides is 1. The molecule has 2 aromatic carbocycles. The van der Waals surface area contributed by atoms with Crippen molar-refractivity contribution in [3.05, 3.63) is 80.4 Å². The van der Waals surface area contributed by atoms with E-state index >= 15 is 0 Å². The molecule has 0 N–H and O–H groups in total. The molecule has 0 spiro atoms. The van der Waals surface area contributed by atoms with Crippen LogP contribution in [0.5, 0.6) is 0 Å². The Morgan fingerprint density at radius 2 is 1.92 bits per heavy atom. The van der Waals surface area contributed by atoms with Gasteiger partial charge in [-0.1, -0.05) is 29.8 Å². The molecule has 24 heavy (non-hydrogen) atoms. The average molecular weight is 344 g/mol. The lowest BCUT2D eigenvalue weighted by molar-refractivity contribution is 0.0770. The Morgan fingerprint density at radius 1 is 1.17 bits per heavy atom. The van der Waals surface area contributed by atoms with Crippen molar-refractivity contribution in [2.24, 2.45) is 0 Å². The molecule has 1 atom stereocenters. The third-order valence-corrected chi connectivity index (χ3v) is 4.50. The molecule has 0 fully saturated rings. The zero-order chi connectivity index (χ0) is 17.0. The van der Waals surface area contributed by atoms with Gasteiger partial charge < -0.3 is 9.32 Å². The van der Waals surface area contributed by atoms with E-state index < -0.39 is 17.8 Å². The number of carbonyl (C=O) groups is 1. The van der Waals surface area contributed by atoms with Crippen molar-refractivity contribution >= 4 is 28.5 Å². The first-order valence-electron chi connectivity index (χ1n) is 7.27. The molecule has 0 bridgehead atoms. The molecule has 4 rings (SSSR count). The van der Waals surface area contributed by atoms with Gasteiger partial charge in [0.25, 0.3) is 5.91 Å². The summed E-state index contributed by atoms with van der Waals surface area (Å²) in [7, 11) is 1.52. The number of benzene rings is 2. The Hall–Kier alpha value is -2.66. The molecule has 2 heterocycles. The molecule has 0 saturated carbocycles. The Morgan fingerprint density at radius 3 is 2.67 bits per heavy atom. The van der Waals surface area contributed by atoms with Gasteiger partial charge in [0.1, 0.15) is 11.4 Å². The van der Waals surface area contributed by atoms with E-state index in [2.05, 4.69) is 0 Å². The lowest BCUT2D eigenvalue weighted by Gasteiger charge is -2.20. The molecule has 1 aromatic heterocycles. The van der Waals surface area contributed by atoms with Gasteiger partial charge in [0.15, 0.2) is 5.43 Å². The summed E-state index contributed by atoms with van der Waals surface area (Å²) in [5.41, 5.74) is 0.293. The summed E-state index contributed by atoms with van der Waals surface area (Å²) < 4.78 is 19.9. The molecule has 0 radical (unpaired) electrons. The molecule has 4 nitrogen and oxygen atoms in total. The summed E-state index contributed by atoms with van der Waals surface area (Å²) in [4.78, 5) is 26.8. The Kier molecular flexibility index (Phi) is 3.21. The van der Waals surface area contributed by atoms with E-state index in [0.717, 1.165) is 0 Å². The third kappa shape index (κ3) is 1.98. The molecule has 1 amide bonds. The van der Waals surface area contributed by atoms with E-state index in [1.807, 2.05) is 0 Å². The summed E-state index contributed by atoms with van der Waals surface area (Å²) in [6, 6.07) is 9.86. The minimum Gasteiger partial charge on any atom is -0.450 e. The van der Waals surface area contributed by atoms with E-state index in [0.29, 0.717) is 5.02 Å². The van der Waals surface area contributed by atoms with E-state index in [1.54, 1.807) is 30.3 Å². The molecule has 1 aliphatic heterocycles. The van der Waals surface area contributed by atoms with Crippen molar-refractivity contribution in [2.45, 2.75) is 6.04 Å². The van der Waals surface area contributed by atoms with Crippen LogP contribution in [0.15, 0.2) is 51.7 Å². The van der Waals surface area contributed by atoms with Gasteiger partial charge >= 0.3 is 0 Å². The minimum atomic E-state index is -0.826. The van der Waals surface area contributed by atoms with Crippen LogP contribution < -0.4 is 5.43 Å². The van der Waals surface area contributed by atoms with Crippen molar-refractivity contribution in [2.75, 3.05) is 7.05 Å². The molecule has 0 unspecified atom stereocenters. The summed E-state index contributed by atoms with van der Waals surface area (Å²) in [5, 5.41) is 0.653. The van der Waals surface area contributed by atoms with Crippen molar-refractivity contribution in [3.8, 4) is 0 Å². The zero-order valence-corrected chi connectivity index (χ0v) is 13.3. The number of hydrogen-bond acceptors (Lipinski definition) is 3. The van der Waals surface area contributed by atoms with Crippen LogP contribution in [0.1, 0.15) is 27.7 Å². The van der Waals surface area contributed by atoms with Gasteiger partial charge in [-0.2, -0.15) is 0 Å². The van der Waals surface area contributed by atoms with Crippen LogP contribution in [-0.2, 0) is 0 Å². The van der Waals surface area contributed by atoms with Crippen LogP contribution in [0.3, 0.4) is 0 Å². The largest absolute Gasteiger partial charge is 0.450 e. The van der Waals surface area contributed by atoms with Crippen molar-refractivity contribution in [1.29, 1.82) is 0 Å². The first kappa shape index (κ1) is 14.9. The number of fused-ring (bicyclic) bond motifs is 2. The zero-order valence-electron chi connectivity index (χ0n) is 12.5. The van der Waals surface area contributed by atoms with Gasteiger partial charge in [0, 0.05) is 17.6 Å². The Bertz CT molecular complexity index is 1060. The maximum Gasteiger partial charge on any atom is 0.290 e. The van der Waals surface area contributed by atoms with Crippen LogP contribution in [0, 0.1) is 5.82 Å². The fraction of sp³-hybridized carbons (Fsp3) is 0.111. The highest BCUT2D eigenvalue weighted by Crippen LogP contribution is 2.38. The molecule has 120 valence electrons. The normalized spacial score (nSPS) is 16.7. The third-order valence-electron chi connectivity index (χ3n) is 4.26. The molecule has 1 aliphatic rings. The second-order valence-corrected chi connectivity index (χ2v) is 6.09. The lowest BCUT2D eigenvalue weighted by Crippen LogP contribution is -2.25. The standard InChI is InChI=1S/C18H11ClFNO3/c1-21-15(10-4-2-3-5-12(10)20)14-16(22)11-8-9(19)6-7-13(11)24-17(14)18(21)23/h2-8,15H,1H3/t15-/m1/s1. The predicted octanol–water partition coefficient (Wildman–Crippen LogP) is 3.76. The molecular formula is C18H11ClFNO3. The SMILES string of the molecule is CN1C(=O)c2oc3ccc(Cl)cc3c(=O)c2[C@H]1c1ccccc1F. The second-order valence-electron chi connectivity index (χ2n) is 5.65. The van der Waals surface area contributed by atoms with E-state index in [1.165, 1.54) is 24.1 Å². The topological polar surface area (TPSA) is 50.5 Å². The van der Waals surface area contributed by atoms with Gasteiger partial charge in [0.05, 0.1) is 17.0 Å². The molecule has 3 aromatic rings. The monoisotopic (exact) mass is 343 g/mol. The van der Waals surface area contributed by atoms with Gasteiger partial charge in [-0.05, 0) is 24.3 Å². The van der Waals surface area contributed by atoms with Gasteiger partial charge in [-0.3, -0.25) is 9.59 Å². The van der Waals surface area contributed by atoms with Crippen molar-refractivity contribution in [1.82, 2.24) is 4.90 Å². The number of hydrogen-bond donors (Lipinski definition) is 0. The smallest absolute Gasteiger partial charge is 0.290 e. The van der Waals surface area contributed by atoms with Crippen LogP contribution in [0.2, 0.25) is 5.02 Å². The lowest BCUT2D eigenvalue weighted by atomic mass is 9.98. The number of rotatable bonds is 1. The van der Waals surface area contributed by atoms with Crippen LogP contribution in [0.4, 0.5) is 4.39 Å². The number of halogens is 2. The average Bonchev–Trinajstić information content (AvgIpc) is 2.81. The highest BCUT2D eigenvalue weighted by Gasteiger charge is 2.41. The maximum atomic E-state index is 14.3. The highest BCUT2D eigenvalue weighted by atomic mass is 35.5. The number of carbonyl (C=O) groups excluding carboxylic acids is 1. The van der Waals surface area contributed by atoms with E-state index in [4.69, 9.17) is 16.0 Å². The molecule has 0 saturated heterocycles. The van der Waals surface area contributed by atoms with Gasteiger partial charge in [0.2, 0.25) is 5.76 Å². The van der Waals surface area contributed by atoms with E-state index in [9.17, 15) is 14.0 Å². The molecule has 6 heteroatoms. The maximum absolute atomic E-state index is 14.3. The van der Waals surface area contributed by atoms with Gasteiger partial charge in [-0.15, -0.1) is 0 Å². The quantitative estimate of drug-likeness (QED) is 0.676. The predicted molar refractivity (Wildman–Crippen MR) is 87.8 cm³/mol. The van der Waals surface area contributed by atoms with Crippen molar-refractivity contribution < 1.29 is 13.6 Å². The summed E-state index contributed by atoms with van der Waals surface area (Å²) in [6.45, 7) is 0.